The number of carbonyl (C=O) groups excluding carboxylic acids is 1. The molecule has 0 heterocycles. The number of hydrogen-bond acceptors (Lipinski definition) is 3. The van der Waals surface area contributed by atoms with Crippen molar-refractivity contribution in [2.24, 2.45) is 5.73 Å². The monoisotopic (exact) mass is 250 g/mol. The molecule has 0 radical (unpaired) electrons. The molecule has 4 nitrogen and oxygen atoms in total. The Morgan fingerprint density at radius 2 is 2.06 bits per heavy atom. The summed E-state index contributed by atoms with van der Waals surface area (Å²) < 4.78 is 0. The van der Waals surface area contributed by atoms with Crippen LogP contribution >= 0.6 is 0 Å². The van der Waals surface area contributed by atoms with Crippen molar-refractivity contribution in [3.63, 3.8) is 0 Å². The van der Waals surface area contributed by atoms with E-state index in [-0.39, 0.29) is 24.6 Å². The SMILES string of the molecule is CCC(CO)NC(=O)CCC(N)c1ccccc1. The van der Waals surface area contributed by atoms with Gasteiger partial charge >= 0.3 is 0 Å². The fourth-order valence-electron chi connectivity index (χ4n) is 1.73. The van der Waals surface area contributed by atoms with Gasteiger partial charge in [-0.25, -0.2) is 0 Å². The van der Waals surface area contributed by atoms with Crippen molar-refractivity contribution in [1.29, 1.82) is 0 Å². The van der Waals surface area contributed by atoms with Gasteiger partial charge in [-0.15, -0.1) is 0 Å². The molecule has 2 unspecified atom stereocenters. The van der Waals surface area contributed by atoms with Crippen LogP contribution in [0.5, 0.6) is 0 Å². The van der Waals surface area contributed by atoms with Crippen molar-refractivity contribution in [2.75, 3.05) is 6.61 Å². The van der Waals surface area contributed by atoms with Crippen LogP contribution in [0.4, 0.5) is 0 Å². The third kappa shape index (κ3) is 4.85. The fraction of sp³-hybridized carbons (Fsp3) is 0.500. The Morgan fingerprint density at radius 1 is 1.39 bits per heavy atom. The zero-order chi connectivity index (χ0) is 13.4. The first-order chi connectivity index (χ1) is 8.67. The molecule has 4 heteroatoms. The molecule has 0 aliphatic heterocycles. The Kier molecular flexibility index (Phi) is 6.39. The number of aliphatic hydroxyl groups excluding tert-OH is 1. The van der Waals surface area contributed by atoms with E-state index in [1.54, 1.807) is 0 Å². The van der Waals surface area contributed by atoms with Crippen LogP contribution in [0.15, 0.2) is 30.3 Å². The van der Waals surface area contributed by atoms with E-state index in [0.29, 0.717) is 12.8 Å². The maximum Gasteiger partial charge on any atom is 0.220 e. The molecule has 0 aromatic heterocycles. The zero-order valence-electron chi connectivity index (χ0n) is 10.8. The number of rotatable bonds is 7. The number of benzene rings is 1. The second kappa shape index (κ2) is 7.84. The van der Waals surface area contributed by atoms with Crippen LogP contribution < -0.4 is 11.1 Å². The first-order valence-electron chi connectivity index (χ1n) is 6.38. The van der Waals surface area contributed by atoms with E-state index < -0.39 is 0 Å². The predicted octanol–water partition coefficient (Wildman–Crippen LogP) is 1.35. The molecule has 0 bridgehead atoms. The van der Waals surface area contributed by atoms with E-state index in [0.717, 1.165) is 12.0 Å². The normalized spacial score (nSPS) is 13.9. The van der Waals surface area contributed by atoms with E-state index in [2.05, 4.69) is 5.32 Å². The molecule has 1 aromatic carbocycles. The molecule has 2 atom stereocenters. The van der Waals surface area contributed by atoms with Crippen molar-refractivity contribution in [3.05, 3.63) is 35.9 Å². The summed E-state index contributed by atoms with van der Waals surface area (Å²) >= 11 is 0. The number of amides is 1. The maximum atomic E-state index is 11.6. The summed E-state index contributed by atoms with van der Waals surface area (Å²) in [6.45, 7) is 1.91. The zero-order valence-corrected chi connectivity index (χ0v) is 10.8. The van der Waals surface area contributed by atoms with Crippen LogP contribution in [0.1, 0.15) is 37.8 Å². The number of nitrogens with two attached hydrogens (primary N) is 1. The lowest BCUT2D eigenvalue weighted by Crippen LogP contribution is -2.37. The second-order valence-electron chi connectivity index (χ2n) is 4.41. The molecule has 1 amide bonds. The van der Waals surface area contributed by atoms with Gasteiger partial charge in [-0.3, -0.25) is 4.79 Å². The smallest absolute Gasteiger partial charge is 0.220 e. The summed E-state index contributed by atoms with van der Waals surface area (Å²) in [7, 11) is 0. The van der Waals surface area contributed by atoms with Crippen molar-refractivity contribution in [2.45, 2.75) is 38.3 Å². The predicted molar refractivity (Wildman–Crippen MR) is 71.9 cm³/mol. The molecule has 1 rings (SSSR count). The standard InChI is InChI=1S/C14H22N2O2/c1-2-12(10-17)16-14(18)9-8-13(15)11-6-4-3-5-7-11/h3-7,12-13,17H,2,8-10,15H2,1H3,(H,16,18). The summed E-state index contributed by atoms with van der Waals surface area (Å²) in [6, 6.07) is 9.48. The van der Waals surface area contributed by atoms with Gasteiger partial charge in [0.15, 0.2) is 0 Å². The van der Waals surface area contributed by atoms with Crippen molar-refractivity contribution >= 4 is 5.91 Å². The number of hydrogen-bond donors (Lipinski definition) is 3. The lowest BCUT2D eigenvalue weighted by atomic mass is 10.0. The maximum absolute atomic E-state index is 11.6. The minimum atomic E-state index is -0.148. The molecule has 0 aliphatic rings. The average Bonchev–Trinajstić information content (AvgIpc) is 2.43. The Morgan fingerprint density at radius 3 is 2.61 bits per heavy atom. The molecule has 0 fully saturated rings. The first-order valence-corrected chi connectivity index (χ1v) is 6.38. The summed E-state index contributed by atoms with van der Waals surface area (Å²) in [4.78, 5) is 11.6. The van der Waals surface area contributed by atoms with Crippen LogP contribution in [0.2, 0.25) is 0 Å². The third-order valence-corrected chi connectivity index (χ3v) is 2.99. The highest BCUT2D eigenvalue weighted by atomic mass is 16.3. The average molecular weight is 250 g/mol. The minimum Gasteiger partial charge on any atom is -0.394 e. The fourth-order valence-corrected chi connectivity index (χ4v) is 1.73. The van der Waals surface area contributed by atoms with Gasteiger partial charge in [-0.05, 0) is 18.4 Å². The van der Waals surface area contributed by atoms with E-state index >= 15 is 0 Å². The molecule has 0 aliphatic carbocycles. The quantitative estimate of drug-likeness (QED) is 0.684. The van der Waals surface area contributed by atoms with Gasteiger partial charge in [-0.1, -0.05) is 37.3 Å². The second-order valence-corrected chi connectivity index (χ2v) is 4.41. The molecule has 18 heavy (non-hydrogen) atoms. The Labute approximate surface area is 108 Å². The highest BCUT2D eigenvalue weighted by molar-refractivity contribution is 5.76. The molecule has 1 aromatic rings. The largest absolute Gasteiger partial charge is 0.394 e. The summed E-state index contributed by atoms with van der Waals surface area (Å²) in [5, 5.41) is 11.8. The van der Waals surface area contributed by atoms with Gasteiger partial charge in [0.25, 0.3) is 0 Å². The topological polar surface area (TPSA) is 75.3 Å². The lowest BCUT2D eigenvalue weighted by molar-refractivity contribution is -0.122. The number of carbonyl (C=O) groups is 1. The first kappa shape index (κ1) is 14.7. The molecule has 4 N–H and O–H groups in total. The molecular weight excluding hydrogens is 228 g/mol. The summed E-state index contributed by atoms with van der Waals surface area (Å²) in [5.74, 6) is -0.0534. The van der Waals surface area contributed by atoms with Crippen LogP contribution in [0, 0.1) is 0 Å². The Balaban J connectivity index is 2.34. The molecule has 100 valence electrons. The van der Waals surface area contributed by atoms with Crippen molar-refractivity contribution in [3.8, 4) is 0 Å². The van der Waals surface area contributed by atoms with Crippen LogP contribution in [-0.2, 0) is 4.79 Å². The van der Waals surface area contributed by atoms with Gasteiger partial charge in [0.05, 0.1) is 12.6 Å². The lowest BCUT2D eigenvalue weighted by Gasteiger charge is -2.15. The molecule has 0 saturated carbocycles. The minimum absolute atomic E-state index is 0.0209. The van der Waals surface area contributed by atoms with Crippen molar-refractivity contribution < 1.29 is 9.90 Å². The third-order valence-electron chi connectivity index (χ3n) is 2.99. The van der Waals surface area contributed by atoms with Crippen LogP contribution in [0.25, 0.3) is 0 Å². The van der Waals surface area contributed by atoms with Gasteiger partial charge in [0, 0.05) is 12.5 Å². The molecular formula is C14H22N2O2. The van der Waals surface area contributed by atoms with Gasteiger partial charge < -0.3 is 16.2 Å². The highest BCUT2D eigenvalue weighted by Crippen LogP contribution is 2.14. The molecule has 0 saturated heterocycles. The van der Waals surface area contributed by atoms with E-state index in [9.17, 15) is 4.79 Å². The Hall–Kier alpha value is -1.39. The summed E-state index contributed by atoms with van der Waals surface area (Å²) in [6.07, 6.45) is 1.72. The Bertz CT molecular complexity index is 350. The van der Waals surface area contributed by atoms with Crippen LogP contribution in [0.3, 0.4) is 0 Å². The van der Waals surface area contributed by atoms with Crippen molar-refractivity contribution in [1.82, 2.24) is 5.32 Å². The van der Waals surface area contributed by atoms with E-state index in [1.165, 1.54) is 0 Å². The molecule has 0 spiro atoms. The van der Waals surface area contributed by atoms with Gasteiger partial charge in [-0.2, -0.15) is 0 Å². The number of nitrogens with one attached hydrogen (secondary N) is 1. The van der Waals surface area contributed by atoms with Gasteiger partial charge in [0.1, 0.15) is 0 Å². The van der Waals surface area contributed by atoms with E-state index in [4.69, 9.17) is 10.8 Å². The highest BCUT2D eigenvalue weighted by Gasteiger charge is 2.11. The van der Waals surface area contributed by atoms with Crippen LogP contribution in [-0.4, -0.2) is 23.7 Å². The summed E-state index contributed by atoms with van der Waals surface area (Å²) in [5.41, 5.74) is 7.05. The number of aliphatic hydroxyl groups is 1. The van der Waals surface area contributed by atoms with E-state index in [1.807, 2.05) is 37.3 Å². The van der Waals surface area contributed by atoms with Gasteiger partial charge in [0.2, 0.25) is 5.91 Å².